The van der Waals surface area contributed by atoms with E-state index in [0.29, 0.717) is 5.56 Å². The van der Waals surface area contributed by atoms with Crippen molar-refractivity contribution in [2.45, 2.75) is 19.4 Å². The van der Waals surface area contributed by atoms with Gasteiger partial charge in [0.25, 0.3) is 0 Å². The summed E-state index contributed by atoms with van der Waals surface area (Å²) in [6.45, 7) is 1.88. The molecule has 19 heavy (non-hydrogen) atoms. The SMILES string of the molecule is CCOC(=O)[C@@H](N)Cc1cccc(OS(=O)(=O)F)c1. The van der Waals surface area contributed by atoms with Gasteiger partial charge in [-0.25, -0.2) is 0 Å². The lowest BCUT2D eigenvalue weighted by Crippen LogP contribution is -2.34. The fourth-order valence-corrected chi connectivity index (χ4v) is 1.76. The van der Waals surface area contributed by atoms with Crippen molar-refractivity contribution < 1.29 is 26.0 Å². The van der Waals surface area contributed by atoms with Crippen LogP contribution in [-0.2, 0) is 26.5 Å². The molecule has 2 N–H and O–H groups in total. The van der Waals surface area contributed by atoms with Crippen LogP contribution in [0.2, 0.25) is 0 Å². The molecule has 0 radical (unpaired) electrons. The number of ether oxygens (including phenoxy) is 1. The van der Waals surface area contributed by atoms with Gasteiger partial charge in [0.1, 0.15) is 11.8 Å². The van der Waals surface area contributed by atoms with Gasteiger partial charge in [0.15, 0.2) is 0 Å². The van der Waals surface area contributed by atoms with Crippen LogP contribution in [0.15, 0.2) is 24.3 Å². The first-order valence-corrected chi connectivity index (χ1v) is 6.78. The minimum Gasteiger partial charge on any atom is -0.465 e. The smallest absolute Gasteiger partial charge is 0.465 e. The quantitative estimate of drug-likeness (QED) is 0.612. The van der Waals surface area contributed by atoms with E-state index in [9.17, 15) is 17.1 Å². The molecular formula is C11H14FNO5S. The summed E-state index contributed by atoms with van der Waals surface area (Å²) in [4.78, 5) is 11.3. The number of halogens is 1. The van der Waals surface area contributed by atoms with Gasteiger partial charge >= 0.3 is 16.5 Å². The van der Waals surface area contributed by atoms with Crippen LogP contribution in [-0.4, -0.2) is 27.0 Å². The molecule has 0 aliphatic heterocycles. The molecule has 8 heteroatoms. The van der Waals surface area contributed by atoms with E-state index in [-0.39, 0.29) is 18.8 Å². The Morgan fingerprint density at radius 1 is 1.47 bits per heavy atom. The van der Waals surface area contributed by atoms with Crippen molar-refractivity contribution in [2.75, 3.05) is 6.61 Å². The fraction of sp³-hybridized carbons (Fsp3) is 0.364. The molecule has 0 fully saturated rings. The molecular weight excluding hydrogens is 277 g/mol. The maximum absolute atomic E-state index is 12.3. The third-order valence-electron chi connectivity index (χ3n) is 2.14. The van der Waals surface area contributed by atoms with Crippen molar-refractivity contribution >= 4 is 16.5 Å². The number of hydrogen-bond donors (Lipinski definition) is 1. The Morgan fingerprint density at radius 2 is 2.16 bits per heavy atom. The largest absolute Gasteiger partial charge is 0.488 e. The zero-order valence-electron chi connectivity index (χ0n) is 10.2. The number of hydrogen-bond acceptors (Lipinski definition) is 6. The zero-order chi connectivity index (χ0) is 14.5. The highest BCUT2D eigenvalue weighted by Crippen LogP contribution is 2.17. The Hall–Kier alpha value is -1.67. The van der Waals surface area contributed by atoms with E-state index in [4.69, 9.17) is 10.5 Å². The molecule has 0 aliphatic carbocycles. The second kappa shape index (κ2) is 6.48. The third kappa shape index (κ3) is 5.66. The van der Waals surface area contributed by atoms with Crippen molar-refractivity contribution in [3.63, 3.8) is 0 Å². The van der Waals surface area contributed by atoms with Crippen LogP contribution in [0, 0.1) is 0 Å². The zero-order valence-corrected chi connectivity index (χ0v) is 11.0. The summed E-state index contributed by atoms with van der Waals surface area (Å²) in [5, 5.41) is 0. The first kappa shape index (κ1) is 15.4. The maximum atomic E-state index is 12.3. The Morgan fingerprint density at radius 3 is 2.74 bits per heavy atom. The molecule has 0 aromatic heterocycles. The van der Waals surface area contributed by atoms with Gasteiger partial charge < -0.3 is 14.7 Å². The van der Waals surface area contributed by atoms with Gasteiger partial charge in [0, 0.05) is 0 Å². The van der Waals surface area contributed by atoms with Gasteiger partial charge in [0.2, 0.25) is 0 Å². The maximum Gasteiger partial charge on any atom is 0.488 e. The molecule has 1 aromatic rings. The third-order valence-corrected chi connectivity index (χ3v) is 2.53. The normalized spacial score (nSPS) is 12.8. The molecule has 0 unspecified atom stereocenters. The van der Waals surface area contributed by atoms with Gasteiger partial charge in [-0.1, -0.05) is 16.0 Å². The summed E-state index contributed by atoms with van der Waals surface area (Å²) in [7, 11) is -5.07. The number of nitrogens with two attached hydrogens (primary N) is 1. The molecule has 0 amide bonds. The molecule has 0 aliphatic rings. The molecule has 6 nitrogen and oxygen atoms in total. The summed E-state index contributed by atoms with van der Waals surface area (Å²) in [5.74, 6) is -0.747. The van der Waals surface area contributed by atoms with E-state index in [1.54, 1.807) is 13.0 Å². The lowest BCUT2D eigenvalue weighted by Gasteiger charge is -2.11. The Labute approximate surface area is 110 Å². The van der Waals surface area contributed by atoms with Crippen LogP contribution in [0.1, 0.15) is 12.5 Å². The predicted octanol–water partition coefficient (Wildman–Crippen LogP) is 0.713. The van der Waals surface area contributed by atoms with Gasteiger partial charge in [0.05, 0.1) is 6.61 Å². The molecule has 1 atom stereocenters. The van der Waals surface area contributed by atoms with E-state index in [2.05, 4.69) is 4.18 Å². The first-order chi connectivity index (χ1) is 8.81. The topological polar surface area (TPSA) is 95.7 Å². The predicted molar refractivity (Wildman–Crippen MR) is 65.4 cm³/mol. The molecule has 106 valence electrons. The molecule has 0 heterocycles. The summed E-state index contributed by atoms with van der Waals surface area (Å²) in [6, 6.07) is 4.76. The van der Waals surface area contributed by atoms with Gasteiger partial charge in [-0.2, -0.15) is 8.42 Å². The van der Waals surface area contributed by atoms with Crippen LogP contribution in [0.5, 0.6) is 5.75 Å². The van der Waals surface area contributed by atoms with E-state index in [1.165, 1.54) is 18.2 Å². The van der Waals surface area contributed by atoms with E-state index in [1.807, 2.05) is 0 Å². The minimum absolute atomic E-state index is 0.127. The lowest BCUT2D eigenvalue weighted by atomic mass is 10.1. The summed E-state index contributed by atoms with van der Waals surface area (Å²) in [6.07, 6.45) is 0.127. The van der Waals surface area contributed by atoms with Gasteiger partial charge in [-0.05, 0) is 31.0 Å². The second-order valence-electron chi connectivity index (χ2n) is 3.69. The average Bonchev–Trinajstić information content (AvgIpc) is 2.27. The highest BCUT2D eigenvalue weighted by Gasteiger charge is 2.16. The minimum atomic E-state index is -5.07. The van der Waals surface area contributed by atoms with Crippen molar-refractivity contribution in [1.82, 2.24) is 0 Å². The molecule has 0 bridgehead atoms. The molecule has 0 spiro atoms. The monoisotopic (exact) mass is 291 g/mol. The van der Waals surface area contributed by atoms with Crippen LogP contribution in [0.4, 0.5) is 3.89 Å². The highest BCUT2D eigenvalue weighted by atomic mass is 32.3. The van der Waals surface area contributed by atoms with Crippen LogP contribution < -0.4 is 9.92 Å². The molecule has 1 rings (SSSR count). The van der Waals surface area contributed by atoms with E-state index < -0.39 is 22.5 Å². The molecule has 0 saturated carbocycles. The Bertz CT molecular complexity index is 546. The van der Waals surface area contributed by atoms with Crippen LogP contribution in [0.25, 0.3) is 0 Å². The standard InChI is InChI=1S/C11H14FNO5S/c1-2-17-11(14)10(13)7-8-4-3-5-9(6-8)18-19(12,15)16/h3-6,10H,2,7,13H2,1H3/t10-/m0/s1. The lowest BCUT2D eigenvalue weighted by molar-refractivity contribution is -0.144. The summed E-state index contributed by atoms with van der Waals surface area (Å²) in [5.41, 5.74) is 6.13. The fourth-order valence-electron chi connectivity index (χ4n) is 1.43. The van der Waals surface area contributed by atoms with Gasteiger partial charge in [-0.3, -0.25) is 4.79 Å². The summed E-state index contributed by atoms with van der Waals surface area (Å²) < 4.78 is 41.8. The number of esters is 1. The van der Waals surface area contributed by atoms with Crippen molar-refractivity contribution in [2.24, 2.45) is 5.73 Å². The second-order valence-corrected chi connectivity index (χ2v) is 4.64. The first-order valence-electron chi connectivity index (χ1n) is 5.47. The number of rotatable bonds is 6. The van der Waals surface area contributed by atoms with Gasteiger partial charge in [-0.15, -0.1) is 0 Å². The van der Waals surface area contributed by atoms with Crippen molar-refractivity contribution in [1.29, 1.82) is 0 Å². The number of carbonyl (C=O) groups excluding carboxylic acids is 1. The van der Waals surface area contributed by atoms with E-state index >= 15 is 0 Å². The molecule has 0 saturated heterocycles. The average molecular weight is 291 g/mol. The molecule has 1 aromatic carbocycles. The van der Waals surface area contributed by atoms with Crippen LogP contribution >= 0.6 is 0 Å². The number of carbonyl (C=O) groups is 1. The van der Waals surface area contributed by atoms with E-state index in [0.717, 1.165) is 0 Å². The Kier molecular flexibility index (Phi) is 5.25. The van der Waals surface area contributed by atoms with Crippen LogP contribution in [0.3, 0.4) is 0 Å². The number of benzene rings is 1. The summed E-state index contributed by atoms with van der Waals surface area (Å²) >= 11 is 0. The van der Waals surface area contributed by atoms with Crippen molar-refractivity contribution in [3.05, 3.63) is 29.8 Å². The highest BCUT2D eigenvalue weighted by molar-refractivity contribution is 7.81. The van der Waals surface area contributed by atoms with Crippen molar-refractivity contribution in [3.8, 4) is 5.75 Å². The Balaban J connectivity index is 2.74.